The third kappa shape index (κ3) is 7.03. The molecule has 0 N–H and O–H groups in total. The summed E-state index contributed by atoms with van der Waals surface area (Å²) >= 11 is 0. The Morgan fingerprint density at radius 2 is 0.556 bits per heavy atom. The Bertz CT molecular complexity index is 4110. The number of para-hydroxylation sites is 2. The Balaban J connectivity index is 0.879. The van der Waals surface area contributed by atoms with Crippen LogP contribution in [0.4, 0.5) is 34.1 Å². The largest absolute Gasteiger partial charge is 0.310 e. The minimum Gasteiger partial charge on any atom is -0.310 e. The first-order chi connectivity index (χ1) is 35.7. The number of fused-ring (bicyclic) bond motifs is 9. The van der Waals surface area contributed by atoms with Gasteiger partial charge >= 0.3 is 0 Å². The Morgan fingerprint density at radius 3 is 1.01 bits per heavy atom. The summed E-state index contributed by atoms with van der Waals surface area (Å²) in [6.07, 6.45) is 0. The van der Waals surface area contributed by atoms with Crippen LogP contribution in [0.5, 0.6) is 0 Å². The highest BCUT2D eigenvalue weighted by Crippen LogP contribution is 2.45. The van der Waals surface area contributed by atoms with Crippen molar-refractivity contribution in [2.45, 2.75) is 0 Å². The highest BCUT2D eigenvalue weighted by molar-refractivity contribution is 6.26. The van der Waals surface area contributed by atoms with Gasteiger partial charge in [-0.3, -0.25) is 0 Å². The molecule has 0 aliphatic rings. The maximum absolute atomic E-state index is 2.43. The van der Waals surface area contributed by atoms with E-state index in [2.05, 4.69) is 289 Å². The summed E-state index contributed by atoms with van der Waals surface area (Å²) < 4.78 is 0. The first-order valence-corrected chi connectivity index (χ1v) is 24.8. The molecule has 14 rings (SSSR count). The van der Waals surface area contributed by atoms with E-state index in [4.69, 9.17) is 0 Å². The predicted octanol–water partition coefficient (Wildman–Crippen LogP) is 20.0. The van der Waals surface area contributed by atoms with Crippen LogP contribution in [-0.2, 0) is 0 Å². The van der Waals surface area contributed by atoms with Gasteiger partial charge in [-0.05, 0) is 172 Å². The van der Waals surface area contributed by atoms with Crippen molar-refractivity contribution in [3.05, 3.63) is 279 Å². The van der Waals surface area contributed by atoms with Crippen LogP contribution in [0, 0.1) is 0 Å². The van der Waals surface area contributed by atoms with E-state index in [0.717, 1.165) is 34.1 Å². The highest BCUT2D eigenvalue weighted by Gasteiger charge is 2.20. The van der Waals surface area contributed by atoms with Crippen LogP contribution in [0.15, 0.2) is 279 Å². The standard InChI is InChI=1S/C70H46N2/c1-3-21-56(22-4-1)71(68-31-15-19-47-17-7-9-25-60(47)68)58-39-37-49-41-53(35-33-51(49)43-58)66-45-55-46-67(63-28-12-14-30-65(63)70(55)64-29-13-11-27-62(64)66)54-36-34-52-44-59(40-38-50(52)42-54)72(57-23-5-2-6-24-57)69-32-16-20-48-18-8-10-26-61(48)69/h1-46H. The smallest absolute Gasteiger partial charge is 0.0540 e. The summed E-state index contributed by atoms with van der Waals surface area (Å²) in [5.41, 5.74) is 11.7. The molecule has 336 valence electrons. The van der Waals surface area contributed by atoms with E-state index in [1.807, 2.05) is 0 Å². The SMILES string of the molecule is c1ccc(N(c2ccc3cc(-c4cc5cc(-c6ccc7cc(N(c8ccccc8)c8cccc9ccccc89)ccc7c6)c6ccccc6c5c5ccccc45)ccc3c2)c2cccc3ccccc23)cc1. The molecule has 0 saturated carbocycles. The molecule has 72 heavy (non-hydrogen) atoms. The van der Waals surface area contributed by atoms with Gasteiger partial charge in [-0.25, -0.2) is 0 Å². The van der Waals surface area contributed by atoms with Gasteiger partial charge in [0.2, 0.25) is 0 Å². The van der Waals surface area contributed by atoms with Gasteiger partial charge in [-0.1, -0.05) is 194 Å². The van der Waals surface area contributed by atoms with E-state index in [1.54, 1.807) is 0 Å². The van der Waals surface area contributed by atoms with E-state index < -0.39 is 0 Å². The number of benzene rings is 14. The Kier molecular flexibility index (Phi) is 9.89. The van der Waals surface area contributed by atoms with Crippen LogP contribution in [-0.4, -0.2) is 0 Å². The molecule has 0 fully saturated rings. The topological polar surface area (TPSA) is 6.48 Å². The summed E-state index contributed by atoms with van der Waals surface area (Å²) in [7, 11) is 0. The number of nitrogens with zero attached hydrogens (tertiary/aromatic N) is 2. The summed E-state index contributed by atoms with van der Waals surface area (Å²) in [6.45, 7) is 0. The number of anilines is 6. The van der Waals surface area contributed by atoms with Crippen LogP contribution in [0.2, 0.25) is 0 Å². The molecular weight excluding hydrogens is 869 g/mol. The van der Waals surface area contributed by atoms with E-state index in [1.165, 1.54) is 97.7 Å². The van der Waals surface area contributed by atoms with Crippen molar-refractivity contribution in [2.75, 3.05) is 9.80 Å². The second kappa shape index (κ2) is 17.2. The molecule has 0 aliphatic heterocycles. The average molecular weight is 915 g/mol. The Morgan fingerprint density at radius 1 is 0.194 bits per heavy atom. The predicted molar refractivity (Wildman–Crippen MR) is 309 cm³/mol. The molecule has 14 aromatic carbocycles. The monoisotopic (exact) mass is 914 g/mol. The third-order valence-corrected chi connectivity index (χ3v) is 14.7. The maximum atomic E-state index is 2.43. The van der Waals surface area contributed by atoms with Gasteiger partial charge in [0.25, 0.3) is 0 Å². The van der Waals surface area contributed by atoms with Crippen LogP contribution < -0.4 is 9.80 Å². The molecule has 0 saturated heterocycles. The van der Waals surface area contributed by atoms with Gasteiger partial charge in [-0.15, -0.1) is 0 Å². The molecule has 2 heteroatoms. The average Bonchev–Trinajstić information content (AvgIpc) is 3.45. The zero-order valence-corrected chi connectivity index (χ0v) is 39.5. The van der Waals surface area contributed by atoms with Crippen LogP contribution in [0.3, 0.4) is 0 Å². The van der Waals surface area contributed by atoms with Crippen molar-refractivity contribution in [1.29, 1.82) is 0 Å². The van der Waals surface area contributed by atoms with Crippen molar-refractivity contribution in [3.63, 3.8) is 0 Å². The lowest BCUT2D eigenvalue weighted by Crippen LogP contribution is -2.10. The van der Waals surface area contributed by atoms with Gasteiger partial charge in [0.1, 0.15) is 0 Å². The van der Waals surface area contributed by atoms with Gasteiger partial charge in [0.15, 0.2) is 0 Å². The van der Waals surface area contributed by atoms with E-state index >= 15 is 0 Å². The molecule has 0 spiro atoms. The number of hydrogen-bond donors (Lipinski definition) is 0. The minimum absolute atomic E-state index is 1.12. The zero-order chi connectivity index (χ0) is 47.5. The van der Waals surface area contributed by atoms with E-state index in [9.17, 15) is 0 Å². The molecular formula is C70H46N2. The van der Waals surface area contributed by atoms with Crippen molar-refractivity contribution in [1.82, 2.24) is 0 Å². The summed E-state index contributed by atoms with van der Waals surface area (Å²) in [6, 6.07) is 102. The normalized spacial score (nSPS) is 11.6. The van der Waals surface area contributed by atoms with Crippen molar-refractivity contribution in [3.8, 4) is 22.3 Å². The highest BCUT2D eigenvalue weighted by atomic mass is 15.1. The van der Waals surface area contributed by atoms with E-state index in [-0.39, 0.29) is 0 Å². The van der Waals surface area contributed by atoms with Gasteiger partial charge in [-0.2, -0.15) is 0 Å². The summed E-state index contributed by atoms with van der Waals surface area (Å²) in [5, 5.41) is 17.2. The number of hydrogen-bond acceptors (Lipinski definition) is 2. The van der Waals surface area contributed by atoms with Crippen molar-refractivity contribution in [2.24, 2.45) is 0 Å². The molecule has 0 heterocycles. The molecule has 0 radical (unpaired) electrons. The number of rotatable bonds is 8. The van der Waals surface area contributed by atoms with Gasteiger partial charge in [0.05, 0.1) is 11.4 Å². The van der Waals surface area contributed by atoms with E-state index in [0.29, 0.717) is 0 Å². The minimum atomic E-state index is 1.12. The fourth-order valence-electron chi connectivity index (χ4n) is 11.4. The lowest BCUT2D eigenvalue weighted by molar-refractivity contribution is 1.30. The van der Waals surface area contributed by atoms with Crippen LogP contribution >= 0.6 is 0 Å². The second-order valence-corrected chi connectivity index (χ2v) is 18.9. The molecule has 0 amide bonds. The Labute approximate surface area is 418 Å². The molecule has 0 aliphatic carbocycles. The molecule has 0 unspecified atom stereocenters. The third-order valence-electron chi connectivity index (χ3n) is 14.7. The van der Waals surface area contributed by atoms with Crippen LogP contribution in [0.25, 0.3) is 97.7 Å². The van der Waals surface area contributed by atoms with Crippen molar-refractivity contribution < 1.29 is 0 Å². The fourth-order valence-corrected chi connectivity index (χ4v) is 11.4. The quantitative estimate of drug-likeness (QED) is 0.140. The first-order valence-electron chi connectivity index (χ1n) is 24.8. The zero-order valence-electron chi connectivity index (χ0n) is 39.5. The van der Waals surface area contributed by atoms with Crippen LogP contribution in [0.1, 0.15) is 0 Å². The molecule has 14 aromatic rings. The molecule has 2 nitrogen and oxygen atoms in total. The Hall–Kier alpha value is -9.50. The lowest BCUT2D eigenvalue weighted by Gasteiger charge is -2.27. The molecule has 0 bridgehead atoms. The fraction of sp³-hybridized carbons (Fsp3) is 0. The van der Waals surface area contributed by atoms with Gasteiger partial charge in [0, 0.05) is 33.5 Å². The molecule has 0 atom stereocenters. The second-order valence-electron chi connectivity index (χ2n) is 18.9. The maximum Gasteiger partial charge on any atom is 0.0540 e. The van der Waals surface area contributed by atoms with Gasteiger partial charge < -0.3 is 9.80 Å². The summed E-state index contributed by atoms with van der Waals surface area (Å²) in [4.78, 5) is 4.77. The van der Waals surface area contributed by atoms with Crippen molar-refractivity contribution >= 4 is 110 Å². The molecule has 0 aromatic heterocycles. The lowest BCUT2D eigenvalue weighted by atomic mass is 9.87. The summed E-state index contributed by atoms with van der Waals surface area (Å²) in [5.74, 6) is 0. The first kappa shape index (κ1) is 41.5.